The highest BCUT2D eigenvalue weighted by atomic mass is 32.2. The first-order valence-electron chi connectivity index (χ1n) is 7.81. The summed E-state index contributed by atoms with van der Waals surface area (Å²) in [6, 6.07) is 8.23. The van der Waals surface area contributed by atoms with E-state index in [-0.39, 0.29) is 17.5 Å². The zero-order valence-corrected chi connectivity index (χ0v) is 14.7. The molecule has 1 N–H and O–H groups in total. The fourth-order valence-corrected chi connectivity index (χ4v) is 4.19. The molecule has 2 fully saturated rings. The number of benzene rings is 1. The van der Waals surface area contributed by atoms with E-state index in [1.54, 1.807) is 18.9 Å². The number of thioether (sulfide) groups is 1. The van der Waals surface area contributed by atoms with Gasteiger partial charge in [-0.3, -0.25) is 0 Å². The molecule has 3 rings (SSSR count). The molecule has 0 spiro atoms. The molecule has 5 nitrogen and oxygen atoms in total. The molecule has 2 saturated heterocycles. The summed E-state index contributed by atoms with van der Waals surface area (Å²) in [5.74, 6) is -0.622. The fraction of sp³-hybridized carbons (Fsp3) is 0.647. The van der Waals surface area contributed by atoms with E-state index in [2.05, 4.69) is 31.2 Å². The van der Waals surface area contributed by atoms with Crippen LogP contribution in [0.4, 0.5) is 0 Å². The van der Waals surface area contributed by atoms with E-state index in [1.165, 1.54) is 5.56 Å². The van der Waals surface area contributed by atoms with E-state index < -0.39 is 18.2 Å². The lowest BCUT2D eigenvalue weighted by molar-refractivity contribution is -0.183. The van der Waals surface area contributed by atoms with Crippen LogP contribution in [0.1, 0.15) is 19.4 Å². The Morgan fingerprint density at radius 3 is 2.52 bits per heavy atom. The maximum atomic E-state index is 10.6. The molecule has 6 heteroatoms. The Morgan fingerprint density at radius 1 is 1.26 bits per heavy atom. The number of aliphatic hydroxyl groups excluding tert-OH is 1. The summed E-state index contributed by atoms with van der Waals surface area (Å²) in [5.41, 5.74) is 1.21. The number of aliphatic hydroxyl groups is 1. The topological polar surface area (TPSA) is 57.2 Å². The van der Waals surface area contributed by atoms with Gasteiger partial charge in [0.15, 0.2) is 12.1 Å². The smallest absolute Gasteiger partial charge is 0.184 e. The number of hydrogen-bond donors (Lipinski definition) is 1. The van der Waals surface area contributed by atoms with E-state index in [1.807, 2.05) is 13.8 Å². The summed E-state index contributed by atoms with van der Waals surface area (Å²) in [4.78, 5) is 1.09. The summed E-state index contributed by atoms with van der Waals surface area (Å²) in [5, 5.41) is 10.4. The Balaban J connectivity index is 1.77. The Hall–Kier alpha value is -0.630. The van der Waals surface area contributed by atoms with Crippen molar-refractivity contribution in [1.29, 1.82) is 0 Å². The Morgan fingerprint density at radius 2 is 1.96 bits per heavy atom. The molecule has 2 aliphatic rings. The summed E-state index contributed by atoms with van der Waals surface area (Å²) in [6.45, 7) is 6.27. The lowest BCUT2D eigenvalue weighted by Gasteiger charge is -2.25. The minimum Gasteiger partial charge on any atom is -0.387 e. The number of methoxy groups -OCH3 is 1. The van der Waals surface area contributed by atoms with E-state index >= 15 is 0 Å². The summed E-state index contributed by atoms with van der Waals surface area (Å²) < 4.78 is 22.8. The highest BCUT2D eigenvalue weighted by Crippen LogP contribution is 2.40. The van der Waals surface area contributed by atoms with Crippen molar-refractivity contribution in [3.8, 4) is 0 Å². The molecule has 1 aromatic carbocycles. The van der Waals surface area contributed by atoms with Gasteiger partial charge in [0.25, 0.3) is 0 Å². The lowest BCUT2D eigenvalue weighted by atomic mass is 10.1. The molecular weight excluding hydrogens is 316 g/mol. The van der Waals surface area contributed by atoms with Crippen molar-refractivity contribution < 1.29 is 24.1 Å². The minimum absolute atomic E-state index is 0.176. The van der Waals surface area contributed by atoms with Crippen molar-refractivity contribution >= 4 is 11.8 Å². The van der Waals surface area contributed by atoms with Crippen LogP contribution in [-0.2, 0) is 18.9 Å². The van der Waals surface area contributed by atoms with Crippen LogP contribution in [-0.4, -0.2) is 54.5 Å². The van der Waals surface area contributed by atoms with Gasteiger partial charge in [-0.25, -0.2) is 0 Å². The van der Waals surface area contributed by atoms with Gasteiger partial charge < -0.3 is 24.1 Å². The molecule has 23 heavy (non-hydrogen) atoms. The van der Waals surface area contributed by atoms with Crippen molar-refractivity contribution in [3.63, 3.8) is 0 Å². The summed E-state index contributed by atoms with van der Waals surface area (Å²) >= 11 is 1.59. The number of hydrogen-bond acceptors (Lipinski definition) is 6. The van der Waals surface area contributed by atoms with Crippen molar-refractivity contribution in [3.05, 3.63) is 29.8 Å². The summed E-state index contributed by atoms with van der Waals surface area (Å²) in [6.07, 6.45) is -1.87. The Bertz CT molecular complexity index is 532. The molecule has 0 aliphatic carbocycles. The second-order valence-corrected chi connectivity index (χ2v) is 7.71. The maximum absolute atomic E-state index is 10.6. The van der Waals surface area contributed by atoms with Crippen molar-refractivity contribution in [1.82, 2.24) is 0 Å². The van der Waals surface area contributed by atoms with Gasteiger partial charge in [-0.2, -0.15) is 0 Å². The first-order chi connectivity index (χ1) is 10.9. The number of aryl methyl sites for hydroxylation is 1. The minimum atomic E-state index is -0.719. The van der Waals surface area contributed by atoms with Gasteiger partial charge in [0, 0.05) is 12.0 Å². The van der Waals surface area contributed by atoms with Gasteiger partial charge in [0.2, 0.25) is 0 Å². The molecule has 128 valence electrons. The van der Waals surface area contributed by atoms with Crippen LogP contribution in [0.25, 0.3) is 0 Å². The molecule has 2 heterocycles. The van der Waals surface area contributed by atoms with Crippen LogP contribution in [0.3, 0.4) is 0 Å². The predicted molar refractivity (Wildman–Crippen MR) is 87.4 cm³/mol. The van der Waals surface area contributed by atoms with Gasteiger partial charge in [0.05, 0.1) is 11.9 Å². The average molecular weight is 340 g/mol. The average Bonchev–Trinajstić information content (AvgIpc) is 3.02. The van der Waals surface area contributed by atoms with Crippen LogP contribution in [0.5, 0.6) is 0 Å². The molecule has 0 saturated carbocycles. The second-order valence-electron chi connectivity index (χ2n) is 6.46. The van der Waals surface area contributed by atoms with Gasteiger partial charge in [-0.05, 0) is 32.9 Å². The van der Waals surface area contributed by atoms with E-state index in [4.69, 9.17) is 18.9 Å². The van der Waals surface area contributed by atoms with E-state index in [0.29, 0.717) is 6.61 Å². The van der Waals surface area contributed by atoms with Crippen LogP contribution in [0.2, 0.25) is 0 Å². The van der Waals surface area contributed by atoms with Crippen LogP contribution in [0.15, 0.2) is 29.2 Å². The highest BCUT2D eigenvalue weighted by molar-refractivity contribution is 8.00. The van der Waals surface area contributed by atoms with E-state index in [9.17, 15) is 5.11 Å². The molecule has 1 aromatic rings. The van der Waals surface area contributed by atoms with E-state index in [0.717, 1.165) is 4.90 Å². The molecule has 5 atom stereocenters. The second kappa shape index (κ2) is 6.70. The fourth-order valence-electron chi connectivity index (χ4n) is 2.94. The largest absolute Gasteiger partial charge is 0.387 e. The van der Waals surface area contributed by atoms with Crippen molar-refractivity contribution in [2.24, 2.45) is 0 Å². The quantitative estimate of drug-likeness (QED) is 0.908. The Kier molecular flexibility index (Phi) is 5.01. The molecule has 0 bridgehead atoms. The lowest BCUT2D eigenvalue weighted by Crippen LogP contribution is -2.39. The molecule has 0 amide bonds. The number of ether oxygens (including phenoxy) is 4. The molecule has 2 aliphatic heterocycles. The molecule has 0 aromatic heterocycles. The van der Waals surface area contributed by atoms with Gasteiger partial charge in [0.1, 0.15) is 18.3 Å². The zero-order chi connectivity index (χ0) is 16.6. The summed E-state index contributed by atoms with van der Waals surface area (Å²) in [7, 11) is 1.54. The predicted octanol–water partition coefficient (Wildman–Crippen LogP) is 2.34. The first-order valence-corrected chi connectivity index (χ1v) is 8.69. The molecule has 0 radical (unpaired) electrons. The number of rotatable bonds is 4. The van der Waals surface area contributed by atoms with Crippen LogP contribution in [0, 0.1) is 6.92 Å². The standard InChI is InChI=1S/C17H24O5S/c1-10-5-7-11(8-6-10)23-15-13(18)16(19-4)21-14(15)12-9-20-17(2,3)22-12/h5-8,12-16,18H,9H2,1-4H3/t12-,13-,14+,15-,16-/m1/s1. The maximum Gasteiger partial charge on any atom is 0.184 e. The monoisotopic (exact) mass is 340 g/mol. The third kappa shape index (κ3) is 3.73. The van der Waals surface area contributed by atoms with Gasteiger partial charge >= 0.3 is 0 Å². The molecular formula is C17H24O5S. The SMILES string of the molecule is CO[C@@H]1O[C@@H]([C@H]2COC(C)(C)O2)[C@H](Sc2ccc(C)cc2)[C@H]1O. The van der Waals surface area contributed by atoms with Crippen molar-refractivity contribution in [2.75, 3.05) is 13.7 Å². The third-order valence-electron chi connectivity index (χ3n) is 4.15. The zero-order valence-electron chi connectivity index (χ0n) is 13.9. The Labute approximate surface area is 141 Å². The normalized spacial score (nSPS) is 36.5. The highest BCUT2D eigenvalue weighted by Gasteiger charge is 2.51. The van der Waals surface area contributed by atoms with Gasteiger partial charge in [-0.1, -0.05) is 17.7 Å². The van der Waals surface area contributed by atoms with Crippen LogP contribution < -0.4 is 0 Å². The van der Waals surface area contributed by atoms with Gasteiger partial charge in [-0.15, -0.1) is 11.8 Å². The molecule has 0 unspecified atom stereocenters. The van der Waals surface area contributed by atoms with Crippen LogP contribution >= 0.6 is 11.8 Å². The third-order valence-corrected chi connectivity index (χ3v) is 5.52. The first kappa shape index (κ1) is 17.2. The van der Waals surface area contributed by atoms with Crippen molar-refractivity contribution in [2.45, 2.75) is 61.3 Å².